The van der Waals surface area contributed by atoms with Gasteiger partial charge in [0.2, 0.25) is 0 Å². The van der Waals surface area contributed by atoms with Gasteiger partial charge in [0, 0.05) is 18.1 Å². The first-order valence-corrected chi connectivity index (χ1v) is 7.23. The topological polar surface area (TPSA) is 30.9 Å². The Bertz CT molecular complexity index is 547. The third-order valence-electron chi connectivity index (χ3n) is 3.99. The summed E-state index contributed by atoms with van der Waals surface area (Å²) in [6.45, 7) is 8.31. The van der Waals surface area contributed by atoms with E-state index >= 15 is 0 Å². The maximum Gasteiger partial charge on any atom is 0.199 e. The highest BCUT2D eigenvalue weighted by atomic mass is 15.4. The van der Waals surface area contributed by atoms with Gasteiger partial charge in [-0.25, -0.2) is 0 Å². The fourth-order valence-electron chi connectivity index (χ4n) is 2.59. The van der Waals surface area contributed by atoms with Crippen LogP contribution in [0.15, 0.2) is 41.7 Å². The Morgan fingerprint density at radius 2 is 1.95 bits per heavy atom. The molecule has 0 radical (unpaired) electrons. The Kier molecular flexibility index (Phi) is 3.38. The van der Waals surface area contributed by atoms with E-state index in [9.17, 15) is 0 Å². The van der Waals surface area contributed by atoms with Gasteiger partial charge >= 0.3 is 0 Å². The highest BCUT2D eigenvalue weighted by Gasteiger charge is 2.26. The van der Waals surface area contributed by atoms with E-state index in [2.05, 4.69) is 77.5 Å². The van der Waals surface area contributed by atoms with Crippen molar-refractivity contribution in [3.8, 4) is 0 Å². The average molecular weight is 270 g/mol. The van der Waals surface area contributed by atoms with Crippen LogP contribution in [0, 0.1) is 12.8 Å². The number of guanidine groups is 1. The summed E-state index contributed by atoms with van der Waals surface area (Å²) in [5.41, 5.74) is 2.55. The summed E-state index contributed by atoms with van der Waals surface area (Å²) >= 11 is 0. The summed E-state index contributed by atoms with van der Waals surface area (Å²) in [7, 11) is 0. The van der Waals surface area contributed by atoms with E-state index in [0.29, 0.717) is 12.0 Å². The van der Waals surface area contributed by atoms with Gasteiger partial charge in [-0.2, -0.15) is 0 Å². The quantitative estimate of drug-likeness (QED) is 0.896. The second-order valence-electron chi connectivity index (χ2n) is 5.82. The number of nitrogens with one attached hydrogen (secondary N) is 1. The molecule has 106 valence electrons. The lowest BCUT2D eigenvalue weighted by molar-refractivity contribution is 0.469. The maximum absolute atomic E-state index is 4.62. The first kappa shape index (κ1) is 13.0. The van der Waals surface area contributed by atoms with Crippen LogP contribution in [-0.2, 0) is 0 Å². The molecule has 4 heteroatoms. The van der Waals surface area contributed by atoms with Crippen molar-refractivity contribution in [2.45, 2.75) is 26.8 Å². The van der Waals surface area contributed by atoms with E-state index in [4.69, 9.17) is 0 Å². The largest absolute Gasteiger partial charge is 0.351 e. The minimum Gasteiger partial charge on any atom is -0.351 e. The van der Waals surface area contributed by atoms with Crippen LogP contribution in [0.4, 0.5) is 5.69 Å². The molecule has 1 aromatic carbocycles. The number of hydrogen-bond acceptors (Lipinski definition) is 4. The van der Waals surface area contributed by atoms with Crippen LogP contribution in [0.2, 0.25) is 0 Å². The monoisotopic (exact) mass is 270 g/mol. The Labute approximate surface area is 120 Å². The second-order valence-corrected chi connectivity index (χ2v) is 5.82. The van der Waals surface area contributed by atoms with Crippen molar-refractivity contribution in [3.63, 3.8) is 0 Å². The van der Waals surface area contributed by atoms with Gasteiger partial charge in [-0.15, -0.1) is 0 Å². The summed E-state index contributed by atoms with van der Waals surface area (Å²) in [6, 6.07) is 8.92. The van der Waals surface area contributed by atoms with Gasteiger partial charge in [-0.05, 0) is 24.5 Å². The average Bonchev–Trinajstić information content (AvgIpc) is 3.08. The number of benzene rings is 1. The SMILES string of the molecule is Cc1ccccc1N1C=CN(C2=NC[C@H](C(C)C)N2)C1. The molecule has 1 N–H and O–H groups in total. The number of anilines is 1. The van der Waals surface area contributed by atoms with E-state index in [1.807, 2.05) is 0 Å². The van der Waals surface area contributed by atoms with Crippen LogP contribution < -0.4 is 10.2 Å². The first-order valence-electron chi connectivity index (χ1n) is 7.23. The van der Waals surface area contributed by atoms with Crippen LogP contribution in [0.5, 0.6) is 0 Å². The zero-order chi connectivity index (χ0) is 14.1. The van der Waals surface area contributed by atoms with Crippen molar-refractivity contribution >= 4 is 11.6 Å². The fraction of sp³-hybridized carbons (Fsp3) is 0.438. The number of para-hydroxylation sites is 1. The van der Waals surface area contributed by atoms with Gasteiger partial charge < -0.3 is 10.2 Å². The van der Waals surface area contributed by atoms with Crippen molar-refractivity contribution < 1.29 is 0 Å². The minimum atomic E-state index is 0.464. The fourth-order valence-corrected chi connectivity index (χ4v) is 2.59. The third-order valence-corrected chi connectivity index (χ3v) is 3.99. The molecule has 0 unspecified atom stereocenters. The van der Waals surface area contributed by atoms with Crippen LogP contribution in [0.25, 0.3) is 0 Å². The summed E-state index contributed by atoms with van der Waals surface area (Å²) < 4.78 is 0. The Hall–Kier alpha value is -1.97. The third kappa shape index (κ3) is 2.38. The van der Waals surface area contributed by atoms with Gasteiger partial charge in [0.15, 0.2) is 5.96 Å². The van der Waals surface area contributed by atoms with E-state index in [1.54, 1.807) is 0 Å². The molecule has 0 amide bonds. The standard InChI is InChI=1S/C16H22N4/c1-12(2)14-10-17-16(18-14)20-9-8-19(11-20)15-7-5-4-6-13(15)3/h4-9,12,14H,10-11H2,1-3H3,(H,17,18)/t14-/m1/s1. The van der Waals surface area contributed by atoms with Crippen molar-refractivity contribution in [2.75, 3.05) is 18.1 Å². The predicted molar refractivity (Wildman–Crippen MR) is 83.6 cm³/mol. The number of hydrogen-bond donors (Lipinski definition) is 1. The van der Waals surface area contributed by atoms with Crippen molar-refractivity contribution in [3.05, 3.63) is 42.2 Å². The smallest absolute Gasteiger partial charge is 0.199 e. The Morgan fingerprint density at radius 3 is 2.65 bits per heavy atom. The molecule has 0 bridgehead atoms. The molecule has 0 fully saturated rings. The van der Waals surface area contributed by atoms with Gasteiger partial charge in [-0.1, -0.05) is 32.0 Å². The lowest BCUT2D eigenvalue weighted by Crippen LogP contribution is -2.42. The summed E-state index contributed by atoms with van der Waals surface area (Å²) in [4.78, 5) is 9.05. The second kappa shape index (κ2) is 5.19. The molecule has 4 nitrogen and oxygen atoms in total. The molecule has 2 aliphatic rings. The molecule has 2 heterocycles. The molecule has 0 saturated heterocycles. The summed E-state index contributed by atoms with van der Waals surface area (Å²) in [5.74, 6) is 1.60. The molecule has 0 spiro atoms. The number of aryl methyl sites for hydroxylation is 1. The first-order chi connectivity index (χ1) is 9.65. The molecule has 0 aliphatic carbocycles. The molecule has 1 aromatic rings. The summed E-state index contributed by atoms with van der Waals surface area (Å²) in [5, 5.41) is 3.52. The van der Waals surface area contributed by atoms with Crippen molar-refractivity contribution in [2.24, 2.45) is 10.9 Å². The van der Waals surface area contributed by atoms with Gasteiger partial charge in [0.25, 0.3) is 0 Å². The van der Waals surface area contributed by atoms with Crippen molar-refractivity contribution in [1.82, 2.24) is 10.2 Å². The lowest BCUT2D eigenvalue weighted by Gasteiger charge is -2.24. The number of nitrogens with zero attached hydrogens (tertiary/aromatic N) is 3. The van der Waals surface area contributed by atoms with Crippen LogP contribution in [-0.4, -0.2) is 30.1 Å². The van der Waals surface area contributed by atoms with Gasteiger partial charge in [0.1, 0.15) is 6.67 Å². The minimum absolute atomic E-state index is 0.464. The molecule has 1 atom stereocenters. The maximum atomic E-state index is 4.62. The van der Waals surface area contributed by atoms with Crippen LogP contribution >= 0.6 is 0 Å². The molecule has 0 aromatic heterocycles. The van der Waals surface area contributed by atoms with Gasteiger partial charge in [0.05, 0.1) is 12.6 Å². The van der Waals surface area contributed by atoms with E-state index in [1.165, 1.54) is 11.3 Å². The molecule has 20 heavy (non-hydrogen) atoms. The lowest BCUT2D eigenvalue weighted by atomic mass is 10.1. The Balaban J connectivity index is 1.67. The highest BCUT2D eigenvalue weighted by molar-refractivity contribution is 5.84. The van der Waals surface area contributed by atoms with Crippen LogP contribution in [0.1, 0.15) is 19.4 Å². The zero-order valence-electron chi connectivity index (χ0n) is 12.4. The molecular weight excluding hydrogens is 248 g/mol. The van der Waals surface area contributed by atoms with E-state index < -0.39 is 0 Å². The molecule has 0 saturated carbocycles. The van der Waals surface area contributed by atoms with Gasteiger partial charge in [-0.3, -0.25) is 9.89 Å². The zero-order valence-corrected chi connectivity index (χ0v) is 12.4. The van der Waals surface area contributed by atoms with Crippen LogP contribution in [0.3, 0.4) is 0 Å². The van der Waals surface area contributed by atoms with E-state index in [0.717, 1.165) is 19.2 Å². The molecular formula is C16H22N4. The molecule has 3 rings (SSSR count). The summed E-state index contributed by atoms with van der Waals surface area (Å²) in [6.07, 6.45) is 4.22. The predicted octanol–water partition coefficient (Wildman–Crippen LogP) is 2.53. The number of aliphatic imine (C=N–C) groups is 1. The van der Waals surface area contributed by atoms with E-state index in [-0.39, 0.29) is 0 Å². The highest BCUT2D eigenvalue weighted by Crippen LogP contribution is 2.23. The normalized spacial score (nSPS) is 21.6. The van der Waals surface area contributed by atoms with Crippen molar-refractivity contribution in [1.29, 1.82) is 0 Å². The Morgan fingerprint density at radius 1 is 1.20 bits per heavy atom. The number of rotatable bonds is 2. The molecule has 2 aliphatic heterocycles.